The Bertz CT molecular complexity index is 741. The Morgan fingerprint density at radius 1 is 0.441 bits per heavy atom. The van der Waals surface area contributed by atoms with E-state index < -0.39 is 17.1 Å². The fourth-order valence-electron chi connectivity index (χ4n) is 5.60. The lowest BCUT2D eigenvalue weighted by Crippen LogP contribution is -2.73. The first-order valence-corrected chi connectivity index (χ1v) is 14.5. The minimum Gasteiger partial charge on any atom is -0.183 e. The highest BCUT2D eigenvalue weighted by Crippen LogP contribution is 2.66. The summed E-state index contributed by atoms with van der Waals surface area (Å²) in [7, 11) is 0. The molecule has 4 heterocycles. The van der Waals surface area contributed by atoms with Crippen LogP contribution in [0.4, 0.5) is 0 Å². The monoisotopic (exact) mass is 470 g/mol. The summed E-state index contributed by atoms with van der Waals surface area (Å²) in [5.74, 6) is -0.792. The van der Waals surface area contributed by atoms with Crippen molar-refractivity contribution in [3.63, 3.8) is 0 Å². The van der Waals surface area contributed by atoms with E-state index in [-0.39, 0.29) is 6.04 Å². The Hall–Kier alpha value is -1.60. The Kier molecular flexibility index (Phi) is 9.29. The molecule has 0 aromatic rings. The lowest BCUT2D eigenvalue weighted by atomic mass is 9.76. The second kappa shape index (κ2) is 12.4. The van der Waals surface area contributed by atoms with E-state index in [0.717, 1.165) is 12.8 Å². The molecule has 0 fully saturated rings. The topological polar surface area (TPSA) is 98.9 Å². The van der Waals surface area contributed by atoms with E-state index in [4.69, 9.17) is 0 Å². The maximum Gasteiger partial charge on any atom is 0.351 e. The standard InChI is InChI=1S/C26H46N8/c1-2-3-4-5-6-7-8-9-10-11-12-13-14-15-16-17-18-19-20-21-22-23-24(28-27-23)25(30-29-24)26(32-31-25)33-34-26/h23H,2-22H2,1H3. The van der Waals surface area contributed by atoms with Crippen LogP contribution in [0, 0.1) is 0 Å². The molecular weight excluding hydrogens is 424 g/mol. The summed E-state index contributed by atoms with van der Waals surface area (Å²) in [6.07, 6.45) is 29.0. The zero-order valence-electron chi connectivity index (χ0n) is 21.5. The van der Waals surface area contributed by atoms with E-state index in [1.54, 1.807) is 0 Å². The molecule has 8 nitrogen and oxygen atoms in total. The quantitative estimate of drug-likeness (QED) is 0.149. The van der Waals surface area contributed by atoms with E-state index in [0.29, 0.717) is 0 Å². The molecule has 0 saturated heterocycles. The van der Waals surface area contributed by atoms with E-state index in [1.165, 1.54) is 122 Å². The molecule has 0 aliphatic carbocycles. The van der Waals surface area contributed by atoms with Gasteiger partial charge in [-0.3, -0.25) is 0 Å². The van der Waals surface area contributed by atoms with Gasteiger partial charge in [-0.1, -0.05) is 135 Å². The summed E-state index contributed by atoms with van der Waals surface area (Å²) in [6.45, 7) is 2.29. The molecule has 0 saturated carbocycles. The van der Waals surface area contributed by atoms with Gasteiger partial charge >= 0.3 is 11.4 Å². The Labute approximate surface area is 206 Å². The third-order valence-corrected chi connectivity index (χ3v) is 8.10. The molecule has 34 heavy (non-hydrogen) atoms. The third-order valence-electron chi connectivity index (χ3n) is 8.10. The summed E-state index contributed by atoms with van der Waals surface area (Å²) in [5.41, 5.74) is -1.42. The molecule has 4 aliphatic heterocycles. The van der Waals surface area contributed by atoms with Crippen LogP contribution in [0.2, 0.25) is 0 Å². The predicted octanol–water partition coefficient (Wildman–Crippen LogP) is 9.48. The van der Waals surface area contributed by atoms with Gasteiger partial charge in [0.1, 0.15) is 6.04 Å². The molecule has 0 aromatic carbocycles. The zero-order valence-corrected chi connectivity index (χ0v) is 21.5. The highest BCUT2D eigenvalue weighted by Gasteiger charge is 2.86. The van der Waals surface area contributed by atoms with Gasteiger partial charge in [0.05, 0.1) is 0 Å². The van der Waals surface area contributed by atoms with E-state index >= 15 is 0 Å². The van der Waals surface area contributed by atoms with Crippen LogP contribution in [0.3, 0.4) is 0 Å². The first-order chi connectivity index (χ1) is 16.8. The van der Waals surface area contributed by atoms with Crippen LogP contribution in [0.5, 0.6) is 0 Å². The van der Waals surface area contributed by atoms with Crippen LogP contribution in [0.15, 0.2) is 40.9 Å². The van der Waals surface area contributed by atoms with Gasteiger partial charge < -0.3 is 0 Å². The largest absolute Gasteiger partial charge is 0.351 e. The van der Waals surface area contributed by atoms with Crippen molar-refractivity contribution in [1.29, 1.82) is 0 Å². The third kappa shape index (κ3) is 5.46. The zero-order chi connectivity index (χ0) is 23.6. The average molecular weight is 471 g/mol. The second-order valence-electron chi connectivity index (χ2n) is 10.9. The molecule has 0 amide bonds. The van der Waals surface area contributed by atoms with Crippen molar-refractivity contribution in [1.82, 2.24) is 0 Å². The smallest absolute Gasteiger partial charge is 0.183 e. The lowest BCUT2D eigenvalue weighted by Gasteiger charge is -2.52. The van der Waals surface area contributed by atoms with Crippen molar-refractivity contribution in [3.8, 4) is 0 Å². The summed E-state index contributed by atoms with van der Waals surface area (Å²) < 4.78 is 0. The maximum atomic E-state index is 4.32. The molecule has 3 atom stereocenters. The van der Waals surface area contributed by atoms with Crippen LogP contribution in [-0.2, 0) is 0 Å². The summed E-state index contributed by atoms with van der Waals surface area (Å²) in [4.78, 5) is 0. The van der Waals surface area contributed by atoms with Gasteiger partial charge in [-0.05, 0) is 6.42 Å². The summed E-state index contributed by atoms with van der Waals surface area (Å²) in [6, 6.07) is 0.0719. The normalized spacial score (nSPS) is 28.6. The molecule has 0 aromatic heterocycles. The van der Waals surface area contributed by atoms with Gasteiger partial charge in [-0.25, -0.2) is 0 Å². The highest BCUT2D eigenvalue weighted by molar-refractivity contribution is 5.34. The molecule has 3 spiro atoms. The number of hydrogen-bond acceptors (Lipinski definition) is 8. The second-order valence-corrected chi connectivity index (χ2v) is 10.9. The van der Waals surface area contributed by atoms with Crippen molar-refractivity contribution in [3.05, 3.63) is 0 Å². The minimum atomic E-state index is -0.792. The van der Waals surface area contributed by atoms with E-state index in [9.17, 15) is 0 Å². The van der Waals surface area contributed by atoms with Crippen molar-refractivity contribution in [2.75, 3.05) is 0 Å². The maximum absolute atomic E-state index is 4.32. The molecular formula is C26H46N8. The molecule has 190 valence electrons. The van der Waals surface area contributed by atoms with Gasteiger partial charge in [0.15, 0.2) is 0 Å². The van der Waals surface area contributed by atoms with Gasteiger partial charge in [-0.2, -0.15) is 15.3 Å². The fraction of sp³-hybridized carbons (Fsp3) is 1.00. The number of hydrogen-bond donors (Lipinski definition) is 0. The summed E-state index contributed by atoms with van der Waals surface area (Å²) in [5, 5.41) is 33.4. The summed E-state index contributed by atoms with van der Waals surface area (Å²) >= 11 is 0. The molecule has 3 unspecified atom stereocenters. The van der Waals surface area contributed by atoms with E-state index in [2.05, 4.69) is 47.8 Å². The average Bonchev–Trinajstić information content (AvgIpc) is 3.62. The fourth-order valence-corrected chi connectivity index (χ4v) is 5.60. The van der Waals surface area contributed by atoms with Gasteiger partial charge in [0.25, 0.3) is 5.66 Å². The number of fused-ring (bicyclic) bond motifs is 2. The van der Waals surface area contributed by atoms with Crippen LogP contribution in [-0.4, -0.2) is 23.2 Å². The predicted molar refractivity (Wildman–Crippen MR) is 134 cm³/mol. The number of nitrogens with zero attached hydrogens (tertiary/aromatic N) is 8. The molecule has 4 aliphatic rings. The first kappa shape index (κ1) is 25.5. The molecule has 0 N–H and O–H groups in total. The number of unbranched alkanes of at least 4 members (excludes halogenated alkanes) is 19. The number of azo groups is 3. The van der Waals surface area contributed by atoms with Crippen molar-refractivity contribution < 1.29 is 0 Å². The van der Waals surface area contributed by atoms with Gasteiger partial charge in [-0.15, -0.1) is 25.6 Å². The van der Waals surface area contributed by atoms with Crippen molar-refractivity contribution in [2.24, 2.45) is 40.9 Å². The Morgan fingerprint density at radius 2 is 0.853 bits per heavy atom. The number of rotatable bonds is 21. The van der Waals surface area contributed by atoms with E-state index in [1.807, 2.05) is 0 Å². The van der Waals surface area contributed by atoms with Crippen molar-refractivity contribution in [2.45, 2.75) is 165 Å². The van der Waals surface area contributed by atoms with Gasteiger partial charge in [0.2, 0.25) is 0 Å². The molecule has 4 rings (SSSR count). The van der Waals surface area contributed by atoms with Crippen molar-refractivity contribution >= 4 is 0 Å². The van der Waals surface area contributed by atoms with Crippen LogP contribution in [0.25, 0.3) is 0 Å². The molecule has 0 bridgehead atoms. The van der Waals surface area contributed by atoms with Gasteiger partial charge in [0, 0.05) is 0 Å². The molecule has 8 heteroatoms. The first-order valence-electron chi connectivity index (χ1n) is 14.5. The van der Waals surface area contributed by atoms with Crippen LogP contribution in [0.1, 0.15) is 142 Å². The molecule has 0 radical (unpaired) electrons. The Morgan fingerprint density at radius 3 is 1.15 bits per heavy atom. The highest BCUT2D eigenvalue weighted by atomic mass is 15.8. The SMILES string of the molecule is CCCCCCCCCCCCCCCCCCCCCCC1N=NC12N=NC21N=NC12N=N2. The minimum absolute atomic E-state index is 0.0719. The van der Waals surface area contributed by atoms with Crippen LogP contribution < -0.4 is 0 Å². The Balaban J connectivity index is 0.876. The lowest BCUT2D eigenvalue weighted by molar-refractivity contribution is -0.0191. The van der Waals surface area contributed by atoms with Crippen LogP contribution >= 0.6 is 0 Å².